The summed E-state index contributed by atoms with van der Waals surface area (Å²) in [6.07, 6.45) is 3.90. The molecule has 0 aliphatic rings. The van der Waals surface area contributed by atoms with E-state index in [4.69, 9.17) is 4.42 Å². The Kier molecular flexibility index (Phi) is 4.38. The lowest BCUT2D eigenvalue weighted by atomic mass is 10.1. The maximum absolute atomic E-state index is 13.0. The first-order valence-electron chi connectivity index (χ1n) is 10.8. The van der Waals surface area contributed by atoms with Crippen LogP contribution in [0.5, 0.6) is 0 Å². The number of thiazole rings is 1. The molecule has 0 saturated carbocycles. The predicted octanol–water partition coefficient (Wildman–Crippen LogP) is 3.32. The molecule has 33 heavy (non-hydrogen) atoms. The van der Waals surface area contributed by atoms with Gasteiger partial charge in [-0.05, 0) is 35.9 Å². The Bertz CT molecular complexity index is 1880. The van der Waals surface area contributed by atoms with E-state index in [0.29, 0.717) is 10.4 Å². The largest absolute Gasteiger partial charge is 0.398 e. The molecule has 0 aliphatic carbocycles. The molecule has 6 heteroatoms. The van der Waals surface area contributed by atoms with Crippen LogP contribution in [0.15, 0.2) is 75.9 Å². The van der Waals surface area contributed by atoms with E-state index in [1.54, 1.807) is 11.6 Å². The molecule has 0 unspecified atom stereocenters. The average Bonchev–Trinajstić information content (AvgIpc) is 3.40. The van der Waals surface area contributed by atoms with Gasteiger partial charge < -0.3 is 13.6 Å². The third kappa shape index (κ3) is 3.06. The Morgan fingerprint density at radius 3 is 2.48 bits per heavy atom. The van der Waals surface area contributed by atoms with Crippen molar-refractivity contribution in [3.05, 3.63) is 97.7 Å². The highest BCUT2D eigenvalue weighted by Gasteiger charge is 2.17. The van der Waals surface area contributed by atoms with Crippen molar-refractivity contribution in [2.45, 2.75) is 0 Å². The Hall–Kier alpha value is -3.90. The van der Waals surface area contributed by atoms with Crippen molar-refractivity contribution in [3.8, 4) is 0 Å². The maximum atomic E-state index is 13.0. The van der Waals surface area contributed by atoms with Crippen LogP contribution in [-0.2, 0) is 21.1 Å². The predicted molar refractivity (Wildman–Crippen MR) is 134 cm³/mol. The van der Waals surface area contributed by atoms with Crippen LogP contribution in [0, 0.1) is 0 Å². The quantitative estimate of drug-likeness (QED) is 0.379. The average molecular weight is 453 g/mol. The molecule has 0 bridgehead atoms. The van der Waals surface area contributed by atoms with Crippen LogP contribution >= 0.6 is 11.3 Å². The fraction of sp³-hybridized carbons (Fsp3) is 0.111. The molecule has 0 aliphatic heterocycles. The number of nitrogens with zero attached hydrogens (tertiary/aromatic N) is 3. The highest BCUT2D eigenvalue weighted by atomic mass is 32.1. The van der Waals surface area contributed by atoms with Gasteiger partial charge in [0.25, 0.3) is 11.1 Å². The Balaban J connectivity index is 1.51. The van der Waals surface area contributed by atoms with Gasteiger partial charge in [0.15, 0.2) is 0 Å². The van der Waals surface area contributed by atoms with Gasteiger partial charge in [0, 0.05) is 42.0 Å². The van der Waals surface area contributed by atoms with Crippen LogP contribution < -0.4 is 19.3 Å². The summed E-state index contributed by atoms with van der Waals surface area (Å²) in [6, 6.07) is 22.7. The van der Waals surface area contributed by atoms with Gasteiger partial charge in [0.1, 0.15) is 11.7 Å². The third-order valence-corrected chi connectivity index (χ3v) is 7.43. The van der Waals surface area contributed by atoms with Gasteiger partial charge in [-0.2, -0.15) is 4.57 Å². The van der Waals surface area contributed by atoms with Crippen LogP contribution in [0.4, 0.5) is 0 Å². The lowest BCUT2D eigenvalue weighted by molar-refractivity contribution is -0.652. The molecule has 0 atom stereocenters. The number of aryl methyl sites for hydroxylation is 2. The van der Waals surface area contributed by atoms with Crippen LogP contribution in [0.1, 0.15) is 11.5 Å². The molecule has 0 saturated heterocycles. The summed E-state index contributed by atoms with van der Waals surface area (Å²) in [5.41, 5.74) is 5.22. The topological polar surface area (TPSA) is 44.0 Å². The van der Waals surface area contributed by atoms with E-state index in [9.17, 15) is 4.79 Å². The van der Waals surface area contributed by atoms with Crippen molar-refractivity contribution < 1.29 is 8.98 Å². The third-order valence-electron chi connectivity index (χ3n) is 6.31. The van der Waals surface area contributed by atoms with Crippen molar-refractivity contribution in [1.82, 2.24) is 9.13 Å². The van der Waals surface area contributed by atoms with E-state index in [2.05, 4.69) is 54.1 Å². The summed E-state index contributed by atoms with van der Waals surface area (Å²) in [5, 5.41) is 2.41. The summed E-state index contributed by atoms with van der Waals surface area (Å²) >= 11 is 1.47. The Morgan fingerprint density at radius 2 is 1.64 bits per heavy atom. The lowest BCUT2D eigenvalue weighted by Gasteiger charge is -1.98. The Labute approximate surface area is 193 Å². The molecular formula is C27H22N3O2S+. The van der Waals surface area contributed by atoms with Crippen molar-refractivity contribution in [2.75, 3.05) is 0 Å². The smallest absolute Gasteiger partial charge is 0.376 e. The van der Waals surface area contributed by atoms with E-state index in [-0.39, 0.29) is 5.56 Å². The zero-order chi connectivity index (χ0) is 22.7. The number of aromatic nitrogens is 3. The number of oxazole rings is 1. The molecule has 3 heterocycles. The fourth-order valence-corrected chi connectivity index (χ4v) is 5.51. The molecule has 0 radical (unpaired) electrons. The SMILES string of the molecule is Cn1c(=Cc2oc3ccccc3[n+]2C)sc(=Cc2ccc3c(c2)c2ccccc2n3C)c1=O. The standard InChI is InChI=1S/C27H22N3O2S/c1-28-20-9-5-4-8-18(20)19-14-17(12-13-21(19)28)15-24-27(31)30(3)26(33-24)16-25-29(2)22-10-6-7-11-23(22)32-25/h4-16H,1-3H3/q+1. The molecule has 5 nitrogen and oxygen atoms in total. The highest BCUT2D eigenvalue weighted by molar-refractivity contribution is 7.07. The minimum atomic E-state index is -0.0111. The molecule has 6 aromatic rings. The van der Waals surface area contributed by atoms with Crippen LogP contribution in [-0.4, -0.2) is 9.13 Å². The second-order valence-electron chi connectivity index (χ2n) is 8.28. The summed E-state index contributed by atoms with van der Waals surface area (Å²) in [6.45, 7) is 0. The number of hydrogen-bond donors (Lipinski definition) is 0. The number of benzene rings is 3. The second-order valence-corrected chi connectivity index (χ2v) is 9.34. The number of para-hydroxylation sites is 3. The summed E-state index contributed by atoms with van der Waals surface area (Å²) in [5.74, 6) is 0.705. The van der Waals surface area contributed by atoms with E-state index in [1.807, 2.05) is 48.0 Å². The van der Waals surface area contributed by atoms with Gasteiger partial charge in [0.05, 0.1) is 10.6 Å². The number of rotatable bonds is 2. The van der Waals surface area contributed by atoms with E-state index >= 15 is 0 Å². The van der Waals surface area contributed by atoms with Crippen molar-refractivity contribution in [1.29, 1.82) is 0 Å². The lowest BCUT2D eigenvalue weighted by Crippen LogP contribution is -2.32. The van der Waals surface area contributed by atoms with Gasteiger partial charge in [-0.15, -0.1) is 11.3 Å². The summed E-state index contributed by atoms with van der Waals surface area (Å²) in [4.78, 5) is 13.0. The fourth-order valence-electron chi connectivity index (χ4n) is 4.49. The number of hydrogen-bond acceptors (Lipinski definition) is 3. The Morgan fingerprint density at radius 1 is 0.879 bits per heavy atom. The van der Waals surface area contributed by atoms with Gasteiger partial charge in [-0.3, -0.25) is 4.79 Å². The summed E-state index contributed by atoms with van der Waals surface area (Å²) in [7, 11) is 5.86. The molecule has 0 N–H and O–H groups in total. The van der Waals surface area contributed by atoms with E-state index < -0.39 is 0 Å². The molecule has 0 spiro atoms. The molecule has 3 aromatic carbocycles. The van der Waals surface area contributed by atoms with Crippen LogP contribution in [0.3, 0.4) is 0 Å². The first-order valence-corrected chi connectivity index (χ1v) is 11.6. The molecule has 0 fully saturated rings. The number of fused-ring (bicyclic) bond motifs is 4. The zero-order valence-corrected chi connectivity index (χ0v) is 19.4. The highest BCUT2D eigenvalue weighted by Crippen LogP contribution is 2.28. The van der Waals surface area contributed by atoms with Crippen molar-refractivity contribution in [3.63, 3.8) is 0 Å². The van der Waals surface area contributed by atoms with Gasteiger partial charge in [0.2, 0.25) is 5.58 Å². The first-order chi connectivity index (χ1) is 16.0. The molecule has 162 valence electrons. The minimum Gasteiger partial charge on any atom is -0.398 e. The molecule has 3 aromatic heterocycles. The van der Waals surface area contributed by atoms with Crippen molar-refractivity contribution in [2.24, 2.45) is 21.1 Å². The molecule has 0 amide bonds. The van der Waals surface area contributed by atoms with Gasteiger partial charge >= 0.3 is 5.89 Å². The van der Waals surface area contributed by atoms with E-state index in [1.165, 1.54) is 33.1 Å². The van der Waals surface area contributed by atoms with Crippen LogP contribution in [0.25, 0.3) is 45.1 Å². The van der Waals surface area contributed by atoms with Gasteiger partial charge in [-0.1, -0.05) is 36.4 Å². The maximum Gasteiger partial charge on any atom is 0.376 e. The first kappa shape index (κ1) is 19.8. The van der Waals surface area contributed by atoms with Gasteiger partial charge in [-0.25, -0.2) is 0 Å². The van der Waals surface area contributed by atoms with E-state index in [0.717, 1.165) is 21.3 Å². The molecular weight excluding hydrogens is 430 g/mol. The zero-order valence-electron chi connectivity index (χ0n) is 18.6. The second kappa shape index (κ2) is 7.32. The monoisotopic (exact) mass is 452 g/mol. The molecule has 6 rings (SSSR count). The van der Waals surface area contributed by atoms with Crippen LogP contribution in [0.2, 0.25) is 0 Å². The van der Waals surface area contributed by atoms with Crippen molar-refractivity contribution >= 4 is 56.4 Å². The minimum absolute atomic E-state index is 0.0111. The normalized spacial score (nSPS) is 13.2. The summed E-state index contributed by atoms with van der Waals surface area (Å²) < 4.78 is 13.4.